The van der Waals surface area contributed by atoms with Gasteiger partial charge in [0.15, 0.2) is 0 Å². The fourth-order valence-corrected chi connectivity index (χ4v) is 2.43. The molecule has 3 heteroatoms. The van der Waals surface area contributed by atoms with E-state index in [1.807, 2.05) is 0 Å². The minimum Gasteiger partial charge on any atom is -0.314 e. The summed E-state index contributed by atoms with van der Waals surface area (Å²) in [5.74, 6) is 1.64. The van der Waals surface area contributed by atoms with Crippen LogP contribution in [0.1, 0.15) is 40.5 Å². The minimum absolute atomic E-state index is 0.820. The Balaban J connectivity index is 2.25. The molecule has 0 aliphatic carbocycles. The Morgan fingerprint density at radius 2 is 1.42 bits per heavy atom. The predicted molar refractivity (Wildman–Crippen MR) is 84.7 cm³/mol. The smallest absolute Gasteiger partial charge is 0.0110 e. The number of hydrogen-bond donors (Lipinski definition) is 1. The molecule has 3 nitrogen and oxygen atoms in total. The molecule has 0 aromatic carbocycles. The molecular weight excluding hydrogens is 234 g/mol. The van der Waals surface area contributed by atoms with Gasteiger partial charge in [0.2, 0.25) is 0 Å². The molecule has 1 N–H and O–H groups in total. The Kier molecular flexibility index (Phi) is 8.67. The van der Waals surface area contributed by atoms with Crippen molar-refractivity contribution >= 4 is 0 Å². The van der Waals surface area contributed by atoms with Gasteiger partial charge in [-0.15, -0.1) is 0 Å². The lowest BCUT2D eigenvalue weighted by Crippen LogP contribution is -2.46. The van der Waals surface area contributed by atoms with Crippen LogP contribution in [0, 0.1) is 11.8 Å². The van der Waals surface area contributed by atoms with E-state index in [0.717, 1.165) is 24.9 Å². The van der Waals surface area contributed by atoms with Crippen LogP contribution in [-0.2, 0) is 0 Å². The van der Waals surface area contributed by atoms with Gasteiger partial charge in [-0.25, -0.2) is 0 Å². The van der Waals surface area contributed by atoms with Crippen molar-refractivity contribution in [2.75, 3.05) is 52.4 Å². The van der Waals surface area contributed by atoms with Crippen molar-refractivity contribution in [1.82, 2.24) is 15.1 Å². The highest BCUT2D eigenvalue weighted by molar-refractivity contribution is 4.70. The fourth-order valence-electron chi connectivity index (χ4n) is 2.43. The molecule has 0 aromatic heterocycles. The minimum atomic E-state index is 0.820. The van der Waals surface area contributed by atoms with Gasteiger partial charge in [-0.05, 0) is 37.8 Å². The van der Waals surface area contributed by atoms with E-state index in [-0.39, 0.29) is 0 Å². The summed E-state index contributed by atoms with van der Waals surface area (Å²) in [7, 11) is 0. The molecule has 0 aromatic rings. The number of nitrogens with one attached hydrogen (secondary N) is 1. The van der Waals surface area contributed by atoms with Crippen LogP contribution >= 0.6 is 0 Å². The summed E-state index contributed by atoms with van der Waals surface area (Å²) >= 11 is 0. The van der Waals surface area contributed by atoms with Gasteiger partial charge in [0.1, 0.15) is 0 Å². The lowest BCUT2D eigenvalue weighted by atomic mass is 10.1. The van der Waals surface area contributed by atoms with Gasteiger partial charge in [0.05, 0.1) is 0 Å². The van der Waals surface area contributed by atoms with Crippen LogP contribution in [0.4, 0.5) is 0 Å². The molecule has 19 heavy (non-hydrogen) atoms. The summed E-state index contributed by atoms with van der Waals surface area (Å²) in [6, 6.07) is 0. The van der Waals surface area contributed by atoms with Gasteiger partial charge < -0.3 is 10.2 Å². The Morgan fingerprint density at radius 3 is 1.89 bits per heavy atom. The van der Waals surface area contributed by atoms with Crippen LogP contribution in [0.5, 0.6) is 0 Å². The maximum Gasteiger partial charge on any atom is 0.0110 e. The highest BCUT2D eigenvalue weighted by atomic mass is 15.2. The Morgan fingerprint density at radius 1 is 0.895 bits per heavy atom. The van der Waals surface area contributed by atoms with E-state index >= 15 is 0 Å². The summed E-state index contributed by atoms with van der Waals surface area (Å²) in [5.41, 5.74) is 0. The van der Waals surface area contributed by atoms with Gasteiger partial charge >= 0.3 is 0 Å². The van der Waals surface area contributed by atoms with E-state index < -0.39 is 0 Å². The normalized spacial score (nSPS) is 17.8. The zero-order chi connectivity index (χ0) is 14.1. The molecule has 0 bridgehead atoms. The monoisotopic (exact) mass is 269 g/mol. The maximum atomic E-state index is 3.43. The maximum absolute atomic E-state index is 3.43. The van der Waals surface area contributed by atoms with E-state index in [0.29, 0.717) is 0 Å². The first kappa shape index (κ1) is 16.9. The lowest BCUT2D eigenvalue weighted by molar-refractivity contribution is 0.178. The van der Waals surface area contributed by atoms with Crippen LogP contribution in [0.25, 0.3) is 0 Å². The number of rotatable bonds is 9. The molecule has 0 saturated carbocycles. The molecule has 114 valence electrons. The van der Waals surface area contributed by atoms with Crippen molar-refractivity contribution in [1.29, 1.82) is 0 Å². The first-order valence-corrected chi connectivity index (χ1v) is 8.23. The van der Waals surface area contributed by atoms with E-state index in [9.17, 15) is 0 Å². The zero-order valence-corrected chi connectivity index (χ0v) is 13.6. The van der Waals surface area contributed by atoms with Gasteiger partial charge in [-0.1, -0.05) is 27.7 Å². The third kappa shape index (κ3) is 8.61. The van der Waals surface area contributed by atoms with Crippen LogP contribution in [-0.4, -0.2) is 62.2 Å². The fraction of sp³-hybridized carbons (Fsp3) is 1.00. The van der Waals surface area contributed by atoms with E-state index in [1.165, 1.54) is 52.1 Å². The zero-order valence-electron chi connectivity index (χ0n) is 13.6. The average Bonchev–Trinajstić information content (AvgIpc) is 2.38. The van der Waals surface area contributed by atoms with E-state index in [4.69, 9.17) is 0 Å². The van der Waals surface area contributed by atoms with Gasteiger partial charge in [0.25, 0.3) is 0 Å². The molecule has 1 heterocycles. The molecule has 1 rings (SSSR count). The molecule has 0 radical (unpaired) electrons. The van der Waals surface area contributed by atoms with Crippen molar-refractivity contribution in [3.8, 4) is 0 Å². The second kappa shape index (κ2) is 9.73. The van der Waals surface area contributed by atoms with Crippen molar-refractivity contribution in [3.05, 3.63) is 0 Å². The third-order valence-electron chi connectivity index (χ3n) is 3.99. The van der Waals surface area contributed by atoms with Crippen LogP contribution < -0.4 is 5.32 Å². The number of hydrogen-bond acceptors (Lipinski definition) is 3. The lowest BCUT2D eigenvalue weighted by Gasteiger charge is -2.31. The van der Waals surface area contributed by atoms with Crippen molar-refractivity contribution < 1.29 is 0 Å². The summed E-state index contributed by atoms with van der Waals surface area (Å²) in [6.07, 6.45) is 2.67. The molecule has 0 spiro atoms. The molecule has 0 atom stereocenters. The molecule has 1 aliphatic heterocycles. The number of piperazine rings is 1. The highest BCUT2D eigenvalue weighted by Gasteiger charge is 2.12. The predicted octanol–water partition coefficient (Wildman–Crippen LogP) is 2.29. The summed E-state index contributed by atoms with van der Waals surface area (Å²) in [5, 5.41) is 3.43. The largest absolute Gasteiger partial charge is 0.314 e. The highest BCUT2D eigenvalue weighted by Crippen LogP contribution is 2.07. The second-order valence-corrected chi connectivity index (χ2v) is 6.80. The summed E-state index contributed by atoms with van der Waals surface area (Å²) in [6.45, 7) is 19.1. The van der Waals surface area contributed by atoms with Crippen LogP contribution in [0.3, 0.4) is 0 Å². The standard InChI is InChI=1S/C16H35N3/c1-15(2)5-9-18(10-6-16(3)4)13-14-19-11-7-17-8-12-19/h15-17H,5-14H2,1-4H3. The Labute approximate surface area is 120 Å². The topological polar surface area (TPSA) is 18.5 Å². The quantitative estimate of drug-likeness (QED) is 0.693. The Bertz CT molecular complexity index is 198. The van der Waals surface area contributed by atoms with Gasteiger partial charge in [-0.3, -0.25) is 4.90 Å². The van der Waals surface area contributed by atoms with Crippen molar-refractivity contribution in [3.63, 3.8) is 0 Å². The molecular formula is C16H35N3. The van der Waals surface area contributed by atoms with E-state index in [1.54, 1.807) is 0 Å². The van der Waals surface area contributed by atoms with Crippen LogP contribution in [0.15, 0.2) is 0 Å². The van der Waals surface area contributed by atoms with Crippen LogP contribution in [0.2, 0.25) is 0 Å². The Hall–Kier alpha value is -0.120. The molecule has 0 unspecified atom stereocenters. The third-order valence-corrected chi connectivity index (χ3v) is 3.99. The average molecular weight is 269 g/mol. The van der Waals surface area contributed by atoms with E-state index in [2.05, 4.69) is 42.8 Å². The summed E-state index contributed by atoms with van der Waals surface area (Å²) < 4.78 is 0. The molecule has 0 amide bonds. The second-order valence-electron chi connectivity index (χ2n) is 6.80. The number of nitrogens with zero attached hydrogens (tertiary/aromatic N) is 2. The first-order chi connectivity index (χ1) is 9.08. The van der Waals surface area contributed by atoms with Crippen molar-refractivity contribution in [2.45, 2.75) is 40.5 Å². The molecule has 1 fully saturated rings. The first-order valence-electron chi connectivity index (χ1n) is 8.23. The molecule has 1 aliphatic rings. The van der Waals surface area contributed by atoms with Gasteiger partial charge in [0, 0.05) is 39.3 Å². The van der Waals surface area contributed by atoms with Crippen molar-refractivity contribution in [2.24, 2.45) is 11.8 Å². The SMILES string of the molecule is CC(C)CCN(CCC(C)C)CCN1CCNCC1. The summed E-state index contributed by atoms with van der Waals surface area (Å²) in [4.78, 5) is 5.29. The van der Waals surface area contributed by atoms with Gasteiger partial charge in [-0.2, -0.15) is 0 Å². The molecule has 1 saturated heterocycles.